The minimum absolute atomic E-state index is 0.0828. The van der Waals surface area contributed by atoms with Crippen LogP contribution in [0.3, 0.4) is 0 Å². The Morgan fingerprint density at radius 3 is 2.80 bits per heavy atom. The van der Waals surface area contributed by atoms with E-state index in [1.54, 1.807) is 0 Å². The first-order valence-electron chi connectivity index (χ1n) is 9.77. The molecular formula is C20H28N4O. The Balaban J connectivity index is 1.52. The van der Waals surface area contributed by atoms with Crippen molar-refractivity contribution in [3.05, 3.63) is 24.3 Å². The van der Waals surface area contributed by atoms with Gasteiger partial charge in [0.2, 0.25) is 11.9 Å². The minimum atomic E-state index is 0.0828. The van der Waals surface area contributed by atoms with Crippen LogP contribution in [0.2, 0.25) is 0 Å². The Hall–Kier alpha value is -2.04. The largest absolute Gasteiger partial charge is 0.353 e. The number of piperidine rings is 1. The van der Waals surface area contributed by atoms with Gasteiger partial charge in [0.25, 0.3) is 0 Å². The second-order valence-corrected chi connectivity index (χ2v) is 7.42. The smallest absolute Gasteiger partial charge is 0.225 e. The third-order valence-corrected chi connectivity index (χ3v) is 5.73. The molecule has 2 heterocycles. The van der Waals surface area contributed by atoms with Crippen LogP contribution in [0.15, 0.2) is 24.3 Å². The highest BCUT2D eigenvalue weighted by atomic mass is 16.2. The van der Waals surface area contributed by atoms with E-state index in [0.29, 0.717) is 6.04 Å². The van der Waals surface area contributed by atoms with Crippen LogP contribution in [0.25, 0.3) is 11.0 Å². The lowest BCUT2D eigenvalue weighted by Crippen LogP contribution is -2.46. The number of carbonyl (C=O) groups is 1. The molecule has 2 aromatic rings. The maximum atomic E-state index is 12.7. The minimum Gasteiger partial charge on any atom is -0.353 e. The number of rotatable bonds is 4. The molecule has 1 aromatic heterocycles. The van der Waals surface area contributed by atoms with Crippen molar-refractivity contribution < 1.29 is 4.79 Å². The van der Waals surface area contributed by atoms with Crippen LogP contribution in [-0.4, -0.2) is 34.6 Å². The van der Waals surface area contributed by atoms with Gasteiger partial charge < -0.3 is 14.8 Å². The summed E-state index contributed by atoms with van der Waals surface area (Å²) in [7, 11) is 0. The molecule has 2 fully saturated rings. The number of para-hydroxylation sites is 2. The van der Waals surface area contributed by atoms with E-state index in [-0.39, 0.29) is 11.8 Å². The van der Waals surface area contributed by atoms with Gasteiger partial charge >= 0.3 is 0 Å². The number of amides is 1. The fourth-order valence-electron chi connectivity index (χ4n) is 4.38. The average molecular weight is 340 g/mol. The molecule has 1 amide bonds. The Kier molecular flexibility index (Phi) is 4.64. The number of nitrogens with zero attached hydrogens (tertiary/aromatic N) is 3. The number of anilines is 1. The zero-order chi connectivity index (χ0) is 17.2. The van der Waals surface area contributed by atoms with E-state index in [1.165, 1.54) is 18.4 Å². The summed E-state index contributed by atoms with van der Waals surface area (Å²) in [5.41, 5.74) is 2.22. The molecule has 2 aliphatic rings. The number of nitrogens with one attached hydrogen (secondary N) is 1. The van der Waals surface area contributed by atoms with E-state index in [0.717, 1.165) is 56.8 Å². The molecule has 134 valence electrons. The van der Waals surface area contributed by atoms with Crippen LogP contribution < -0.4 is 10.2 Å². The van der Waals surface area contributed by atoms with Gasteiger partial charge in [0.1, 0.15) is 0 Å². The quantitative estimate of drug-likeness (QED) is 0.929. The maximum Gasteiger partial charge on any atom is 0.225 e. The zero-order valence-corrected chi connectivity index (χ0v) is 15.1. The molecule has 25 heavy (non-hydrogen) atoms. The fourth-order valence-corrected chi connectivity index (χ4v) is 4.38. The Morgan fingerprint density at radius 1 is 1.20 bits per heavy atom. The SMILES string of the molecule is CCn1c(N2CCC[C@@H](C(=O)NC3CCCC3)C2)nc2ccccc21. The molecule has 1 aromatic carbocycles. The highest BCUT2D eigenvalue weighted by Crippen LogP contribution is 2.27. The zero-order valence-electron chi connectivity index (χ0n) is 15.1. The predicted octanol–water partition coefficient (Wildman–Crippen LogP) is 3.33. The molecule has 1 N–H and O–H groups in total. The molecule has 1 saturated heterocycles. The van der Waals surface area contributed by atoms with Gasteiger partial charge in [0.05, 0.1) is 17.0 Å². The molecule has 1 aliphatic heterocycles. The van der Waals surface area contributed by atoms with Gasteiger partial charge in [-0.1, -0.05) is 25.0 Å². The summed E-state index contributed by atoms with van der Waals surface area (Å²) in [4.78, 5) is 19.9. The highest BCUT2D eigenvalue weighted by Gasteiger charge is 2.30. The summed E-state index contributed by atoms with van der Waals surface area (Å²) in [6.45, 7) is 4.82. The van der Waals surface area contributed by atoms with Crippen molar-refractivity contribution in [3.8, 4) is 0 Å². The van der Waals surface area contributed by atoms with E-state index < -0.39 is 0 Å². The van der Waals surface area contributed by atoms with Crippen molar-refractivity contribution in [1.29, 1.82) is 0 Å². The van der Waals surface area contributed by atoms with Gasteiger partial charge in [-0.25, -0.2) is 4.98 Å². The maximum absolute atomic E-state index is 12.7. The second-order valence-electron chi connectivity index (χ2n) is 7.42. The van der Waals surface area contributed by atoms with E-state index >= 15 is 0 Å². The van der Waals surface area contributed by atoms with Crippen LogP contribution in [0.1, 0.15) is 45.4 Å². The number of carbonyl (C=O) groups excluding carboxylic acids is 1. The van der Waals surface area contributed by atoms with Crippen LogP contribution in [0, 0.1) is 5.92 Å². The molecule has 0 radical (unpaired) electrons. The Labute approximate surface area is 149 Å². The topological polar surface area (TPSA) is 50.2 Å². The van der Waals surface area contributed by atoms with Crippen LogP contribution in [-0.2, 0) is 11.3 Å². The Bertz CT molecular complexity index is 747. The number of imidazole rings is 1. The van der Waals surface area contributed by atoms with Crippen molar-refractivity contribution in [3.63, 3.8) is 0 Å². The molecule has 1 aliphatic carbocycles. The van der Waals surface area contributed by atoms with Gasteiger partial charge in [-0.15, -0.1) is 0 Å². The molecule has 0 unspecified atom stereocenters. The van der Waals surface area contributed by atoms with Crippen molar-refractivity contribution in [2.24, 2.45) is 5.92 Å². The normalized spacial score (nSPS) is 21.8. The molecule has 0 bridgehead atoms. The molecule has 4 rings (SSSR count). The third-order valence-electron chi connectivity index (χ3n) is 5.73. The van der Waals surface area contributed by atoms with E-state index in [4.69, 9.17) is 4.98 Å². The summed E-state index contributed by atoms with van der Waals surface area (Å²) >= 11 is 0. The summed E-state index contributed by atoms with van der Waals surface area (Å²) in [5, 5.41) is 3.28. The lowest BCUT2D eigenvalue weighted by atomic mass is 9.97. The van der Waals surface area contributed by atoms with Gasteiger partial charge in [-0.2, -0.15) is 0 Å². The van der Waals surface area contributed by atoms with E-state index in [9.17, 15) is 4.79 Å². The van der Waals surface area contributed by atoms with Gasteiger partial charge in [-0.05, 0) is 44.7 Å². The van der Waals surface area contributed by atoms with Gasteiger partial charge in [0.15, 0.2) is 0 Å². The number of aromatic nitrogens is 2. The lowest BCUT2D eigenvalue weighted by Gasteiger charge is -2.33. The number of fused-ring (bicyclic) bond motifs is 1. The number of hydrogen-bond acceptors (Lipinski definition) is 3. The summed E-state index contributed by atoms with van der Waals surface area (Å²) < 4.78 is 2.27. The molecule has 1 atom stereocenters. The standard InChI is InChI=1S/C20H28N4O/c1-2-24-18-12-6-5-11-17(18)22-20(24)23-13-7-8-15(14-23)19(25)21-16-9-3-4-10-16/h5-6,11-12,15-16H,2-4,7-10,13-14H2,1H3,(H,21,25)/t15-/m1/s1. The predicted molar refractivity (Wildman–Crippen MR) is 101 cm³/mol. The summed E-state index contributed by atoms with van der Waals surface area (Å²) in [6.07, 6.45) is 6.84. The molecule has 5 nitrogen and oxygen atoms in total. The summed E-state index contributed by atoms with van der Waals surface area (Å²) in [5.74, 6) is 1.34. The lowest BCUT2D eigenvalue weighted by molar-refractivity contribution is -0.125. The average Bonchev–Trinajstić information content (AvgIpc) is 3.28. The first-order valence-corrected chi connectivity index (χ1v) is 9.77. The number of hydrogen-bond donors (Lipinski definition) is 1. The monoisotopic (exact) mass is 340 g/mol. The van der Waals surface area contributed by atoms with Crippen molar-refractivity contribution in [2.75, 3.05) is 18.0 Å². The fraction of sp³-hybridized carbons (Fsp3) is 0.600. The van der Waals surface area contributed by atoms with Crippen molar-refractivity contribution >= 4 is 22.9 Å². The van der Waals surface area contributed by atoms with Crippen LogP contribution in [0.4, 0.5) is 5.95 Å². The molecule has 1 saturated carbocycles. The number of benzene rings is 1. The van der Waals surface area contributed by atoms with E-state index in [2.05, 4.69) is 39.9 Å². The van der Waals surface area contributed by atoms with Crippen LogP contribution >= 0.6 is 0 Å². The summed E-state index contributed by atoms with van der Waals surface area (Å²) in [6, 6.07) is 8.70. The number of aryl methyl sites for hydroxylation is 1. The van der Waals surface area contributed by atoms with Gasteiger partial charge in [-0.3, -0.25) is 4.79 Å². The molecule has 5 heteroatoms. The molecular weight excluding hydrogens is 312 g/mol. The van der Waals surface area contributed by atoms with Gasteiger partial charge in [0, 0.05) is 25.7 Å². The van der Waals surface area contributed by atoms with Crippen molar-refractivity contribution in [2.45, 2.75) is 58.0 Å². The Morgan fingerprint density at radius 2 is 2.00 bits per heavy atom. The first kappa shape index (κ1) is 16.4. The van der Waals surface area contributed by atoms with Crippen molar-refractivity contribution in [1.82, 2.24) is 14.9 Å². The second kappa shape index (κ2) is 7.06. The van der Waals surface area contributed by atoms with Crippen LogP contribution in [0.5, 0.6) is 0 Å². The highest BCUT2D eigenvalue weighted by molar-refractivity contribution is 5.81. The molecule has 0 spiro atoms. The third kappa shape index (κ3) is 3.24. The van der Waals surface area contributed by atoms with E-state index in [1.807, 2.05) is 6.07 Å². The first-order chi connectivity index (χ1) is 12.3.